The van der Waals surface area contributed by atoms with Crippen molar-refractivity contribution in [3.05, 3.63) is 12.2 Å². The molecule has 26 heavy (non-hydrogen) atoms. The van der Waals surface area contributed by atoms with Gasteiger partial charge in [0.25, 0.3) is 0 Å². The number of aliphatic hydroxyl groups is 1. The van der Waals surface area contributed by atoms with Gasteiger partial charge in [0, 0.05) is 0 Å². The van der Waals surface area contributed by atoms with Gasteiger partial charge in [0.2, 0.25) is 0 Å². The van der Waals surface area contributed by atoms with Gasteiger partial charge in [-0.1, -0.05) is 6.08 Å². The van der Waals surface area contributed by atoms with Crippen LogP contribution in [0.1, 0.15) is 34.6 Å². The van der Waals surface area contributed by atoms with E-state index in [1.54, 1.807) is 19.1 Å². The molecule has 8 atom stereocenters. The van der Waals surface area contributed by atoms with E-state index >= 15 is 0 Å². The zero-order chi connectivity index (χ0) is 18.7. The average Bonchev–Trinajstić information content (AvgIpc) is 3.14. The number of ether oxygens (including phenoxy) is 7. The quantitative estimate of drug-likeness (QED) is 0.737. The van der Waals surface area contributed by atoms with Crippen LogP contribution in [0.5, 0.6) is 0 Å². The molecule has 1 N–H and O–H groups in total. The highest BCUT2D eigenvalue weighted by molar-refractivity contribution is 5.02. The Balaban J connectivity index is 1.52. The number of hydrogen-bond acceptors (Lipinski definition) is 8. The highest BCUT2D eigenvalue weighted by Crippen LogP contribution is 2.42. The maximum absolute atomic E-state index is 9.78. The molecule has 0 radical (unpaired) electrons. The Morgan fingerprint density at radius 3 is 2.38 bits per heavy atom. The fourth-order valence-corrected chi connectivity index (χ4v) is 3.77. The van der Waals surface area contributed by atoms with E-state index in [0.717, 1.165) is 0 Å². The first-order valence-corrected chi connectivity index (χ1v) is 9.14. The number of hydrogen-bond donors (Lipinski definition) is 1. The van der Waals surface area contributed by atoms with Crippen LogP contribution in [0.4, 0.5) is 0 Å². The van der Waals surface area contributed by atoms with Gasteiger partial charge in [-0.25, -0.2) is 0 Å². The van der Waals surface area contributed by atoms with Gasteiger partial charge >= 0.3 is 0 Å². The summed E-state index contributed by atoms with van der Waals surface area (Å²) in [5, 5.41) is 9.78. The Bertz CT molecular complexity index is 561. The van der Waals surface area contributed by atoms with Crippen LogP contribution < -0.4 is 0 Å². The molecule has 4 aliphatic heterocycles. The van der Waals surface area contributed by atoms with Crippen molar-refractivity contribution < 1.29 is 38.3 Å². The van der Waals surface area contributed by atoms with Gasteiger partial charge in [-0.15, -0.1) is 0 Å². The van der Waals surface area contributed by atoms with Crippen LogP contribution in [0.2, 0.25) is 0 Å². The molecule has 3 fully saturated rings. The fraction of sp³-hybridized carbons (Fsp3) is 0.889. The summed E-state index contributed by atoms with van der Waals surface area (Å²) in [4.78, 5) is 0. The van der Waals surface area contributed by atoms with Crippen LogP contribution in [0.3, 0.4) is 0 Å². The number of aliphatic hydroxyl groups excluding tert-OH is 1. The number of rotatable bonds is 3. The van der Waals surface area contributed by atoms with Crippen molar-refractivity contribution >= 4 is 0 Å². The molecule has 0 aliphatic carbocycles. The molecule has 148 valence electrons. The van der Waals surface area contributed by atoms with Gasteiger partial charge < -0.3 is 38.3 Å². The third-order valence-corrected chi connectivity index (χ3v) is 5.01. The summed E-state index contributed by atoms with van der Waals surface area (Å²) < 4.78 is 41.5. The van der Waals surface area contributed by atoms with Gasteiger partial charge in [0.1, 0.15) is 24.4 Å². The Kier molecular flexibility index (Phi) is 4.69. The van der Waals surface area contributed by atoms with Gasteiger partial charge in [0.05, 0.1) is 18.8 Å². The second-order valence-electron chi connectivity index (χ2n) is 8.12. The topological polar surface area (TPSA) is 84.8 Å². The van der Waals surface area contributed by atoms with E-state index < -0.39 is 48.6 Å². The molecule has 0 aromatic carbocycles. The highest BCUT2D eigenvalue weighted by atomic mass is 16.9. The third kappa shape index (κ3) is 3.57. The molecule has 4 heterocycles. The average molecular weight is 372 g/mol. The molecule has 0 aromatic rings. The Morgan fingerprint density at radius 2 is 1.73 bits per heavy atom. The molecular formula is C18H28O8. The molecule has 0 unspecified atom stereocenters. The maximum Gasteiger partial charge on any atom is 0.190 e. The lowest BCUT2D eigenvalue weighted by molar-refractivity contribution is -0.256. The van der Waals surface area contributed by atoms with E-state index in [9.17, 15) is 5.11 Å². The van der Waals surface area contributed by atoms with Gasteiger partial charge in [0.15, 0.2) is 24.2 Å². The summed E-state index contributed by atoms with van der Waals surface area (Å²) in [6.45, 7) is 9.61. The van der Waals surface area contributed by atoms with Crippen molar-refractivity contribution in [1.82, 2.24) is 0 Å². The molecule has 4 aliphatic rings. The predicted molar refractivity (Wildman–Crippen MR) is 88.0 cm³/mol. The number of fused-ring (bicyclic) bond motifs is 1. The van der Waals surface area contributed by atoms with Crippen molar-refractivity contribution in [3.63, 3.8) is 0 Å². The maximum atomic E-state index is 9.78. The molecule has 0 aromatic heterocycles. The standard InChI is InChI=1S/C18H28O8/c1-9-10(19)6-7-12(21-9)22-14-13(11-8-20-17(2,3)24-11)23-16-15(14)25-18(4,5)26-16/h6-7,9-16,19H,8H2,1-5H3/t9-,10-,11-,12+,13-,14+,15-,16-/m1/s1. The molecule has 0 amide bonds. The minimum atomic E-state index is -0.749. The predicted octanol–water partition coefficient (Wildman–Crippen LogP) is 1.06. The van der Waals surface area contributed by atoms with Crippen LogP contribution in [0.15, 0.2) is 12.2 Å². The molecule has 8 nitrogen and oxygen atoms in total. The van der Waals surface area contributed by atoms with E-state index in [4.69, 9.17) is 33.2 Å². The molecular weight excluding hydrogens is 344 g/mol. The zero-order valence-electron chi connectivity index (χ0n) is 15.8. The molecule has 4 rings (SSSR count). The Morgan fingerprint density at radius 1 is 0.962 bits per heavy atom. The lowest BCUT2D eigenvalue weighted by Crippen LogP contribution is -2.47. The summed E-state index contributed by atoms with van der Waals surface area (Å²) in [5.74, 6) is -1.42. The lowest BCUT2D eigenvalue weighted by atomic mass is 10.1. The summed E-state index contributed by atoms with van der Waals surface area (Å²) in [6.07, 6.45) is -0.342. The van der Waals surface area contributed by atoms with Gasteiger partial charge in [-0.05, 0) is 40.7 Å². The van der Waals surface area contributed by atoms with Crippen LogP contribution in [0.25, 0.3) is 0 Å². The Labute approximate surface area is 153 Å². The van der Waals surface area contributed by atoms with Gasteiger partial charge in [-0.3, -0.25) is 0 Å². The third-order valence-electron chi connectivity index (χ3n) is 5.01. The SMILES string of the molecule is C[C@H]1O[C@@H](O[C@@H]2[C@H]3OC(C)(C)O[C@H]3O[C@@H]2[C@H]2COC(C)(C)O2)C=C[C@H]1O. The minimum absolute atomic E-state index is 0.300. The van der Waals surface area contributed by atoms with Crippen molar-refractivity contribution in [2.24, 2.45) is 0 Å². The first-order chi connectivity index (χ1) is 12.1. The molecule has 0 bridgehead atoms. The van der Waals surface area contributed by atoms with E-state index in [-0.39, 0.29) is 12.2 Å². The van der Waals surface area contributed by atoms with E-state index in [2.05, 4.69) is 0 Å². The molecule has 8 heteroatoms. The highest BCUT2D eigenvalue weighted by Gasteiger charge is 2.59. The molecule has 3 saturated heterocycles. The molecule has 0 spiro atoms. The minimum Gasteiger partial charge on any atom is -0.386 e. The normalized spacial score (nSPS) is 49.5. The van der Waals surface area contributed by atoms with Crippen molar-refractivity contribution in [1.29, 1.82) is 0 Å². The fourth-order valence-electron chi connectivity index (χ4n) is 3.77. The molecule has 0 saturated carbocycles. The summed E-state index contributed by atoms with van der Waals surface area (Å²) >= 11 is 0. The lowest BCUT2D eigenvalue weighted by Gasteiger charge is -2.33. The second-order valence-corrected chi connectivity index (χ2v) is 8.12. The van der Waals surface area contributed by atoms with Crippen molar-refractivity contribution in [2.75, 3.05) is 6.61 Å². The van der Waals surface area contributed by atoms with Crippen molar-refractivity contribution in [2.45, 2.75) is 95.4 Å². The first-order valence-electron chi connectivity index (χ1n) is 9.14. The van der Waals surface area contributed by atoms with Crippen molar-refractivity contribution in [3.8, 4) is 0 Å². The van der Waals surface area contributed by atoms with Crippen LogP contribution in [-0.2, 0) is 33.2 Å². The summed E-state index contributed by atoms with van der Waals surface area (Å²) in [6, 6.07) is 0. The summed E-state index contributed by atoms with van der Waals surface area (Å²) in [7, 11) is 0. The van der Waals surface area contributed by atoms with Crippen LogP contribution in [-0.4, -0.2) is 72.5 Å². The van der Waals surface area contributed by atoms with Gasteiger partial charge in [-0.2, -0.15) is 0 Å². The monoisotopic (exact) mass is 372 g/mol. The smallest absolute Gasteiger partial charge is 0.190 e. The van der Waals surface area contributed by atoms with E-state index in [1.165, 1.54) is 0 Å². The first kappa shape index (κ1) is 18.8. The Hall–Kier alpha value is -0.580. The zero-order valence-corrected chi connectivity index (χ0v) is 15.8. The largest absolute Gasteiger partial charge is 0.386 e. The van der Waals surface area contributed by atoms with E-state index in [1.807, 2.05) is 27.7 Å². The second kappa shape index (κ2) is 6.49. The summed E-state index contributed by atoms with van der Waals surface area (Å²) in [5.41, 5.74) is 0. The van der Waals surface area contributed by atoms with E-state index in [0.29, 0.717) is 6.61 Å². The van der Waals surface area contributed by atoms with Crippen LogP contribution in [0, 0.1) is 0 Å². The van der Waals surface area contributed by atoms with Crippen LogP contribution >= 0.6 is 0 Å².